The van der Waals surface area contributed by atoms with E-state index in [4.69, 9.17) is 0 Å². The molecule has 0 aromatic carbocycles. The summed E-state index contributed by atoms with van der Waals surface area (Å²) in [4.78, 5) is 10.9. The fourth-order valence-corrected chi connectivity index (χ4v) is 0.651. The van der Waals surface area contributed by atoms with Gasteiger partial charge in [0.05, 0.1) is 0 Å². The van der Waals surface area contributed by atoms with Gasteiger partial charge in [-0.15, -0.1) is 0 Å². The highest BCUT2D eigenvalue weighted by Gasteiger charge is 2.33. The van der Waals surface area contributed by atoms with Gasteiger partial charge in [-0.3, -0.25) is 0 Å². The minimum Gasteiger partial charge on any atom is -0.358 e. The number of aromatic amines is 1. The molecular weight excluding hydrogens is 177 g/mol. The van der Waals surface area contributed by atoms with Crippen LogP contribution < -0.4 is 0 Å². The molecule has 1 aromatic rings. The molecule has 1 N–H and O–H groups in total. The molecule has 66 valence electrons. The van der Waals surface area contributed by atoms with Crippen molar-refractivity contribution in [1.29, 1.82) is 0 Å². The molecule has 7 heteroatoms. The lowest BCUT2D eigenvalue weighted by atomic mass is 10.3. The highest BCUT2D eigenvalue weighted by Crippen LogP contribution is 2.30. The smallest absolute Gasteiger partial charge is 0.358 e. The SMILES string of the molecule is O=[N+]([O-])c1cc(C(F)(F)F)c[nH]1. The first kappa shape index (κ1) is 8.57. The van der Waals surface area contributed by atoms with E-state index in [2.05, 4.69) is 0 Å². The van der Waals surface area contributed by atoms with Crippen LogP contribution in [0.2, 0.25) is 0 Å². The zero-order valence-electron chi connectivity index (χ0n) is 5.55. The Bertz CT molecular complexity index is 304. The number of halogens is 3. The van der Waals surface area contributed by atoms with Gasteiger partial charge in [0, 0.05) is 6.07 Å². The molecule has 1 rings (SSSR count). The van der Waals surface area contributed by atoms with Crippen LogP contribution in [0.3, 0.4) is 0 Å². The van der Waals surface area contributed by atoms with E-state index in [9.17, 15) is 23.3 Å². The lowest BCUT2D eigenvalue weighted by molar-refractivity contribution is -0.389. The molecule has 4 nitrogen and oxygen atoms in total. The van der Waals surface area contributed by atoms with Gasteiger partial charge in [0.2, 0.25) is 0 Å². The Hall–Kier alpha value is -1.53. The van der Waals surface area contributed by atoms with Crippen LogP contribution >= 0.6 is 0 Å². The van der Waals surface area contributed by atoms with Gasteiger partial charge in [-0.05, 0) is 4.92 Å². The Morgan fingerprint density at radius 2 is 2.08 bits per heavy atom. The number of hydrogen-bond acceptors (Lipinski definition) is 2. The van der Waals surface area contributed by atoms with E-state index < -0.39 is 22.5 Å². The zero-order chi connectivity index (χ0) is 9.35. The molecule has 0 unspecified atom stereocenters. The van der Waals surface area contributed by atoms with Crippen LogP contribution in [-0.2, 0) is 6.18 Å². The van der Waals surface area contributed by atoms with Crippen LogP contribution in [0.25, 0.3) is 0 Å². The molecule has 0 fully saturated rings. The molecule has 0 saturated heterocycles. The van der Waals surface area contributed by atoms with Crippen LogP contribution in [0.15, 0.2) is 12.3 Å². The van der Waals surface area contributed by atoms with E-state index in [1.165, 1.54) is 0 Å². The fraction of sp³-hybridized carbons (Fsp3) is 0.200. The zero-order valence-corrected chi connectivity index (χ0v) is 5.55. The minimum absolute atomic E-state index is 0.444. The third-order valence-corrected chi connectivity index (χ3v) is 1.19. The topological polar surface area (TPSA) is 58.9 Å². The second-order valence-electron chi connectivity index (χ2n) is 2.03. The van der Waals surface area contributed by atoms with Crippen molar-refractivity contribution in [1.82, 2.24) is 4.98 Å². The largest absolute Gasteiger partial charge is 0.420 e. The number of H-pyrrole nitrogens is 1. The van der Waals surface area contributed by atoms with Crippen LogP contribution in [0, 0.1) is 10.1 Å². The summed E-state index contributed by atoms with van der Waals surface area (Å²) in [5.74, 6) is -0.665. The van der Waals surface area contributed by atoms with Crippen LogP contribution in [0.5, 0.6) is 0 Å². The highest BCUT2D eigenvalue weighted by molar-refractivity contribution is 5.28. The second-order valence-corrected chi connectivity index (χ2v) is 2.03. The average molecular weight is 180 g/mol. The lowest BCUT2D eigenvalue weighted by Gasteiger charge is -1.98. The predicted octanol–water partition coefficient (Wildman–Crippen LogP) is 1.94. The summed E-state index contributed by atoms with van der Waals surface area (Å²) in [7, 11) is 0. The molecule has 0 aliphatic carbocycles. The van der Waals surface area contributed by atoms with Gasteiger partial charge in [0.25, 0.3) is 0 Å². The molecule has 0 amide bonds. The maximum atomic E-state index is 11.8. The van der Waals surface area contributed by atoms with Gasteiger partial charge in [-0.2, -0.15) is 13.2 Å². The number of rotatable bonds is 1. The fourth-order valence-electron chi connectivity index (χ4n) is 0.651. The van der Waals surface area contributed by atoms with Gasteiger partial charge in [0.1, 0.15) is 11.8 Å². The van der Waals surface area contributed by atoms with Gasteiger partial charge >= 0.3 is 12.0 Å². The molecule has 0 spiro atoms. The van der Waals surface area contributed by atoms with Crippen molar-refractivity contribution in [3.8, 4) is 0 Å². The van der Waals surface area contributed by atoms with Gasteiger partial charge in [-0.1, -0.05) is 0 Å². The molecule has 0 radical (unpaired) electrons. The molecule has 1 aromatic heterocycles. The van der Waals surface area contributed by atoms with E-state index in [0.29, 0.717) is 12.3 Å². The quantitative estimate of drug-likeness (QED) is 0.530. The Kier molecular flexibility index (Phi) is 1.79. The maximum Gasteiger partial charge on any atom is 0.420 e. The van der Waals surface area contributed by atoms with Gasteiger partial charge < -0.3 is 10.1 Å². The van der Waals surface area contributed by atoms with Crippen molar-refractivity contribution in [2.75, 3.05) is 0 Å². The number of nitrogens with zero attached hydrogens (tertiary/aromatic N) is 1. The number of alkyl halides is 3. The monoisotopic (exact) mass is 180 g/mol. The van der Waals surface area contributed by atoms with Crippen molar-refractivity contribution in [3.05, 3.63) is 27.9 Å². The van der Waals surface area contributed by atoms with Crippen molar-refractivity contribution >= 4 is 5.82 Å². The van der Waals surface area contributed by atoms with Crippen molar-refractivity contribution in [3.63, 3.8) is 0 Å². The normalized spacial score (nSPS) is 11.6. The third kappa shape index (κ3) is 1.55. The molecule has 0 saturated carbocycles. The molecule has 1 heterocycles. The Labute approximate surface area is 64.2 Å². The second kappa shape index (κ2) is 2.50. The Morgan fingerprint density at radius 1 is 1.50 bits per heavy atom. The van der Waals surface area contributed by atoms with E-state index in [1.54, 1.807) is 0 Å². The number of nitro groups is 1. The molecule has 0 bridgehead atoms. The first-order valence-electron chi connectivity index (χ1n) is 2.81. The molecule has 0 aliphatic heterocycles. The first-order chi connectivity index (χ1) is 5.41. The minimum atomic E-state index is -4.54. The van der Waals surface area contributed by atoms with Crippen molar-refractivity contribution in [2.45, 2.75) is 6.18 Å². The summed E-state index contributed by atoms with van der Waals surface area (Å²) in [5, 5.41) is 9.95. The molecule has 0 aliphatic rings. The van der Waals surface area contributed by atoms with Crippen LogP contribution in [-0.4, -0.2) is 9.91 Å². The predicted molar refractivity (Wildman–Crippen MR) is 32.4 cm³/mol. The Morgan fingerprint density at radius 3 is 2.33 bits per heavy atom. The lowest BCUT2D eigenvalue weighted by Crippen LogP contribution is -2.02. The summed E-state index contributed by atoms with van der Waals surface area (Å²) in [6.07, 6.45) is -3.98. The number of aromatic nitrogens is 1. The van der Waals surface area contributed by atoms with E-state index >= 15 is 0 Å². The molecule has 12 heavy (non-hydrogen) atoms. The summed E-state index contributed by atoms with van der Waals surface area (Å²) in [5.41, 5.74) is -1.05. The Balaban J connectivity index is 3.00. The number of hydrogen-bond donors (Lipinski definition) is 1. The summed E-state index contributed by atoms with van der Waals surface area (Å²) in [6, 6.07) is 0.444. The van der Waals surface area contributed by atoms with Crippen LogP contribution in [0.4, 0.5) is 19.0 Å². The van der Waals surface area contributed by atoms with E-state index in [0.717, 1.165) is 0 Å². The summed E-state index contributed by atoms with van der Waals surface area (Å²) >= 11 is 0. The van der Waals surface area contributed by atoms with Crippen molar-refractivity contribution < 1.29 is 18.1 Å². The van der Waals surface area contributed by atoms with E-state index in [-0.39, 0.29) is 0 Å². The molecule has 0 atom stereocenters. The summed E-state index contributed by atoms with van der Waals surface area (Å²) in [6.45, 7) is 0. The van der Waals surface area contributed by atoms with E-state index in [1.807, 2.05) is 4.98 Å². The van der Waals surface area contributed by atoms with Crippen molar-refractivity contribution in [2.24, 2.45) is 0 Å². The van der Waals surface area contributed by atoms with Gasteiger partial charge in [0.15, 0.2) is 0 Å². The standard InChI is InChI=1S/C5H3F3N2O2/c6-5(7,8)3-1-4(9-2-3)10(11)12/h1-2,9H. The first-order valence-corrected chi connectivity index (χ1v) is 2.81. The van der Waals surface area contributed by atoms with Gasteiger partial charge in [-0.25, -0.2) is 4.98 Å². The highest BCUT2D eigenvalue weighted by atomic mass is 19.4. The third-order valence-electron chi connectivity index (χ3n) is 1.19. The average Bonchev–Trinajstić information content (AvgIpc) is 2.30. The summed E-state index contributed by atoms with van der Waals surface area (Å²) < 4.78 is 35.5. The maximum absolute atomic E-state index is 11.8. The van der Waals surface area contributed by atoms with Crippen LogP contribution in [0.1, 0.15) is 5.56 Å². The molecular formula is C5H3F3N2O2. The number of nitrogens with one attached hydrogen (secondary N) is 1.